The van der Waals surface area contributed by atoms with Crippen LogP contribution >= 0.6 is 0 Å². The van der Waals surface area contributed by atoms with E-state index in [1.807, 2.05) is 6.92 Å². The molecule has 1 saturated heterocycles. The maximum atomic E-state index is 11.8. The average Bonchev–Trinajstić information content (AvgIpc) is 2.26. The predicted octanol–water partition coefficient (Wildman–Crippen LogP) is 0.314. The second-order valence-corrected chi connectivity index (χ2v) is 6.33. The molecule has 0 bridgehead atoms. The SMILES string of the molecule is CCCCS(=O)(=O)N1CCC(C(N)=O)CC1. The first kappa shape index (κ1) is 13.4. The number of nitrogens with two attached hydrogens (primary N) is 1. The van der Waals surface area contributed by atoms with Crippen LogP contribution < -0.4 is 5.73 Å². The Balaban J connectivity index is 2.50. The molecule has 94 valence electrons. The fourth-order valence-electron chi connectivity index (χ4n) is 1.87. The van der Waals surface area contributed by atoms with Gasteiger partial charge in [0.2, 0.25) is 15.9 Å². The minimum atomic E-state index is -3.11. The van der Waals surface area contributed by atoms with Gasteiger partial charge in [-0.15, -0.1) is 0 Å². The molecule has 0 radical (unpaired) electrons. The highest BCUT2D eigenvalue weighted by atomic mass is 32.2. The van der Waals surface area contributed by atoms with Gasteiger partial charge in [0, 0.05) is 19.0 Å². The van der Waals surface area contributed by atoms with Crippen molar-refractivity contribution >= 4 is 15.9 Å². The molecule has 0 aromatic carbocycles. The summed E-state index contributed by atoms with van der Waals surface area (Å²) < 4.78 is 25.1. The summed E-state index contributed by atoms with van der Waals surface area (Å²) in [5.41, 5.74) is 5.19. The number of primary amides is 1. The van der Waals surface area contributed by atoms with Crippen LogP contribution in [0.25, 0.3) is 0 Å². The number of hydrogen-bond acceptors (Lipinski definition) is 3. The van der Waals surface area contributed by atoms with E-state index >= 15 is 0 Å². The van der Waals surface area contributed by atoms with Crippen LogP contribution in [0, 0.1) is 5.92 Å². The lowest BCUT2D eigenvalue weighted by Gasteiger charge is -2.29. The van der Waals surface area contributed by atoms with E-state index in [1.54, 1.807) is 0 Å². The van der Waals surface area contributed by atoms with Gasteiger partial charge in [0.15, 0.2) is 0 Å². The predicted molar refractivity (Wildman–Crippen MR) is 62.2 cm³/mol. The summed E-state index contributed by atoms with van der Waals surface area (Å²) in [6.07, 6.45) is 2.68. The quantitative estimate of drug-likeness (QED) is 0.760. The van der Waals surface area contributed by atoms with Gasteiger partial charge in [0.05, 0.1) is 5.75 Å². The lowest BCUT2D eigenvalue weighted by Crippen LogP contribution is -2.42. The third kappa shape index (κ3) is 3.45. The molecule has 0 aromatic rings. The molecule has 16 heavy (non-hydrogen) atoms. The summed E-state index contributed by atoms with van der Waals surface area (Å²) in [6.45, 7) is 2.83. The van der Waals surface area contributed by atoms with Gasteiger partial charge in [-0.3, -0.25) is 4.79 Å². The largest absolute Gasteiger partial charge is 0.369 e. The van der Waals surface area contributed by atoms with Crippen LogP contribution in [-0.4, -0.2) is 37.5 Å². The molecule has 0 unspecified atom stereocenters. The number of carbonyl (C=O) groups is 1. The third-order valence-electron chi connectivity index (χ3n) is 3.01. The summed E-state index contributed by atoms with van der Waals surface area (Å²) in [7, 11) is -3.11. The van der Waals surface area contributed by atoms with Crippen LogP contribution in [0.4, 0.5) is 0 Å². The fourth-order valence-corrected chi connectivity index (χ4v) is 3.55. The minimum absolute atomic E-state index is 0.155. The van der Waals surface area contributed by atoms with Gasteiger partial charge < -0.3 is 5.73 Å². The highest BCUT2D eigenvalue weighted by Gasteiger charge is 2.29. The summed E-state index contributed by atoms with van der Waals surface area (Å²) in [5, 5.41) is 0. The van der Waals surface area contributed by atoms with Crippen molar-refractivity contribution in [1.82, 2.24) is 4.31 Å². The first-order valence-electron chi connectivity index (χ1n) is 5.74. The smallest absolute Gasteiger partial charge is 0.220 e. The summed E-state index contributed by atoms with van der Waals surface area (Å²) in [6, 6.07) is 0. The Morgan fingerprint density at radius 1 is 1.38 bits per heavy atom. The summed E-state index contributed by atoms with van der Waals surface area (Å²) in [4.78, 5) is 10.9. The van der Waals surface area contributed by atoms with Crippen LogP contribution in [0.15, 0.2) is 0 Å². The highest BCUT2D eigenvalue weighted by Crippen LogP contribution is 2.19. The van der Waals surface area contributed by atoms with E-state index < -0.39 is 10.0 Å². The van der Waals surface area contributed by atoms with Crippen molar-refractivity contribution in [2.75, 3.05) is 18.8 Å². The lowest BCUT2D eigenvalue weighted by atomic mass is 9.98. The molecule has 1 aliphatic heterocycles. The summed E-state index contributed by atoms with van der Waals surface area (Å²) in [5.74, 6) is -0.256. The van der Waals surface area contributed by atoms with Gasteiger partial charge >= 0.3 is 0 Å². The van der Waals surface area contributed by atoms with Gasteiger partial charge in [0.25, 0.3) is 0 Å². The van der Waals surface area contributed by atoms with E-state index in [-0.39, 0.29) is 17.6 Å². The average molecular weight is 248 g/mol. The molecule has 1 amide bonds. The Hall–Kier alpha value is -0.620. The van der Waals surface area contributed by atoms with Crippen LogP contribution in [0.5, 0.6) is 0 Å². The minimum Gasteiger partial charge on any atom is -0.369 e. The zero-order chi connectivity index (χ0) is 12.2. The number of rotatable bonds is 5. The molecular formula is C10H20N2O3S. The molecule has 1 fully saturated rings. The Morgan fingerprint density at radius 2 is 1.94 bits per heavy atom. The molecule has 0 spiro atoms. The fraction of sp³-hybridized carbons (Fsp3) is 0.900. The normalized spacial score (nSPS) is 19.8. The number of hydrogen-bond donors (Lipinski definition) is 1. The van der Waals surface area contributed by atoms with Crippen molar-refractivity contribution < 1.29 is 13.2 Å². The molecule has 5 nitrogen and oxygen atoms in total. The zero-order valence-electron chi connectivity index (χ0n) is 9.68. The van der Waals surface area contributed by atoms with Crippen LogP contribution in [0.1, 0.15) is 32.6 Å². The Morgan fingerprint density at radius 3 is 2.38 bits per heavy atom. The van der Waals surface area contributed by atoms with Gasteiger partial charge in [-0.05, 0) is 19.3 Å². The van der Waals surface area contributed by atoms with Crippen molar-refractivity contribution in [2.45, 2.75) is 32.6 Å². The molecule has 1 aliphatic rings. The van der Waals surface area contributed by atoms with Crippen LogP contribution in [-0.2, 0) is 14.8 Å². The number of carbonyl (C=O) groups excluding carboxylic acids is 1. The Kier molecular flexibility index (Phi) is 4.73. The van der Waals surface area contributed by atoms with E-state index in [0.29, 0.717) is 32.4 Å². The standard InChI is InChI=1S/C10H20N2O3S/c1-2-3-8-16(14,15)12-6-4-9(5-7-12)10(11)13/h9H,2-8H2,1H3,(H2,11,13). The molecule has 2 N–H and O–H groups in total. The van der Waals surface area contributed by atoms with Gasteiger partial charge in [-0.25, -0.2) is 12.7 Å². The third-order valence-corrected chi connectivity index (χ3v) is 4.96. The first-order valence-corrected chi connectivity index (χ1v) is 7.35. The first-order chi connectivity index (χ1) is 7.47. The van der Waals surface area contributed by atoms with Crippen LogP contribution in [0.3, 0.4) is 0 Å². The molecule has 0 aromatic heterocycles. The molecule has 0 atom stereocenters. The Bertz CT molecular complexity index is 332. The Labute approximate surface area is 97.0 Å². The highest BCUT2D eigenvalue weighted by molar-refractivity contribution is 7.89. The van der Waals surface area contributed by atoms with E-state index in [1.165, 1.54) is 4.31 Å². The molecule has 1 rings (SSSR count). The van der Waals surface area contributed by atoms with Crippen molar-refractivity contribution in [3.63, 3.8) is 0 Å². The molecular weight excluding hydrogens is 228 g/mol. The number of sulfonamides is 1. The van der Waals surface area contributed by atoms with Gasteiger partial charge in [0.1, 0.15) is 0 Å². The van der Waals surface area contributed by atoms with Crippen molar-refractivity contribution in [3.05, 3.63) is 0 Å². The van der Waals surface area contributed by atoms with E-state index in [0.717, 1.165) is 6.42 Å². The van der Waals surface area contributed by atoms with Gasteiger partial charge in [-0.1, -0.05) is 13.3 Å². The van der Waals surface area contributed by atoms with E-state index in [4.69, 9.17) is 5.73 Å². The molecule has 1 heterocycles. The van der Waals surface area contributed by atoms with Crippen molar-refractivity contribution in [2.24, 2.45) is 11.7 Å². The van der Waals surface area contributed by atoms with E-state index in [9.17, 15) is 13.2 Å². The second-order valence-electron chi connectivity index (χ2n) is 4.25. The maximum Gasteiger partial charge on any atom is 0.220 e. The lowest BCUT2D eigenvalue weighted by molar-refractivity contribution is -0.122. The topological polar surface area (TPSA) is 80.5 Å². The molecule has 6 heteroatoms. The zero-order valence-corrected chi connectivity index (χ0v) is 10.5. The number of nitrogens with zero attached hydrogens (tertiary/aromatic N) is 1. The summed E-state index contributed by atoms with van der Waals surface area (Å²) >= 11 is 0. The molecule has 0 saturated carbocycles. The number of amides is 1. The molecule has 0 aliphatic carbocycles. The number of piperidine rings is 1. The number of unbranched alkanes of at least 4 members (excludes halogenated alkanes) is 1. The maximum absolute atomic E-state index is 11.8. The van der Waals surface area contributed by atoms with Crippen LogP contribution in [0.2, 0.25) is 0 Å². The van der Waals surface area contributed by atoms with Crippen molar-refractivity contribution in [3.8, 4) is 0 Å². The van der Waals surface area contributed by atoms with E-state index in [2.05, 4.69) is 0 Å². The van der Waals surface area contributed by atoms with Gasteiger partial charge in [-0.2, -0.15) is 0 Å². The van der Waals surface area contributed by atoms with Crippen molar-refractivity contribution in [1.29, 1.82) is 0 Å². The monoisotopic (exact) mass is 248 g/mol. The second kappa shape index (κ2) is 5.63.